The zero-order valence-electron chi connectivity index (χ0n) is 13.7. The van der Waals surface area contributed by atoms with Gasteiger partial charge >= 0.3 is 0 Å². The molecule has 2 atom stereocenters. The Morgan fingerprint density at radius 3 is 2.10 bits per heavy atom. The molecule has 3 rings (SSSR count). The average molecular weight is 292 g/mol. The van der Waals surface area contributed by atoms with E-state index < -0.39 is 0 Å². The lowest BCUT2D eigenvalue weighted by Gasteiger charge is -2.34. The Kier molecular flexibility index (Phi) is 5.74. The van der Waals surface area contributed by atoms with Gasteiger partial charge in [-0.05, 0) is 38.5 Å². The van der Waals surface area contributed by atoms with Crippen molar-refractivity contribution in [1.82, 2.24) is 0 Å². The molecule has 0 bridgehead atoms. The molecular formula is C19H34NO+. The van der Waals surface area contributed by atoms with Crippen LogP contribution in [0, 0.1) is 17.8 Å². The summed E-state index contributed by atoms with van der Waals surface area (Å²) in [5, 5.41) is 0. The van der Waals surface area contributed by atoms with Crippen molar-refractivity contribution in [2.45, 2.75) is 77.0 Å². The van der Waals surface area contributed by atoms with E-state index in [4.69, 9.17) is 0 Å². The SMILES string of the molecule is O=C(C1CCCCC1)C1CCC[NH+](CC2CCCCC2)C1. The Balaban J connectivity index is 1.48. The topological polar surface area (TPSA) is 21.5 Å². The standard InChI is InChI=1S/C19H33NO/c21-19(17-10-5-2-6-11-17)18-12-7-13-20(15-18)14-16-8-3-1-4-9-16/h16-18H,1-15H2/p+1. The van der Waals surface area contributed by atoms with Crippen molar-refractivity contribution in [2.24, 2.45) is 17.8 Å². The van der Waals surface area contributed by atoms with E-state index in [2.05, 4.69) is 0 Å². The smallest absolute Gasteiger partial charge is 0.144 e. The molecule has 0 aromatic heterocycles. The van der Waals surface area contributed by atoms with Gasteiger partial charge in [-0.2, -0.15) is 0 Å². The fourth-order valence-corrected chi connectivity index (χ4v) is 5.10. The molecule has 1 aliphatic heterocycles. The molecule has 1 heterocycles. The molecule has 1 saturated heterocycles. The van der Waals surface area contributed by atoms with Gasteiger partial charge in [-0.3, -0.25) is 4.79 Å². The van der Waals surface area contributed by atoms with Crippen LogP contribution in [-0.4, -0.2) is 25.4 Å². The van der Waals surface area contributed by atoms with Crippen LogP contribution in [0.5, 0.6) is 0 Å². The Bertz CT molecular complexity index is 328. The fourth-order valence-electron chi connectivity index (χ4n) is 5.10. The molecular weight excluding hydrogens is 258 g/mol. The van der Waals surface area contributed by atoms with Crippen molar-refractivity contribution < 1.29 is 9.69 Å². The number of piperidine rings is 1. The van der Waals surface area contributed by atoms with Gasteiger partial charge in [0.25, 0.3) is 0 Å². The molecule has 120 valence electrons. The number of nitrogens with one attached hydrogen (secondary N) is 1. The van der Waals surface area contributed by atoms with Crippen LogP contribution in [0.15, 0.2) is 0 Å². The molecule has 2 unspecified atom stereocenters. The molecule has 21 heavy (non-hydrogen) atoms. The lowest BCUT2D eigenvalue weighted by Crippen LogP contribution is -3.14. The number of likely N-dealkylation sites (tertiary alicyclic amines) is 1. The maximum absolute atomic E-state index is 12.8. The molecule has 2 nitrogen and oxygen atoms in total. The van der Waals surface area contributed by atoms with Gasteiger partial charge in [-0.15, -0.1) is 0 Å². The predicted octanol–water partition coefficient (Wildman–Crippen LogP) is 3.01. The van der Waals surface area contributed by atoms with Crippen LogP contribution >= 0.6 is 0 Å². The minimum atomic E-state index is 0.403. The lowest BCUT2D eigenvalue weighted by atomic mass is 9.79. The maximum atomic E-state index is 12.8. The van der Waals surface area contributed by atoms with Gasteiger partial charge in [0.2, 0.25) is 0 Å². The summed E-state index contributed by atoms with van der Waals surface area (Å²) < 4.78 is 0. The molecule has 0 radical (unpaired) electrons. The van der Waals surface area contributed by atoms with Crippen LogP contribution in [0.4, 0.5) is 0 Å². The Morgan fingerprint density at radius 2 is 1.38 bits per heavy atom. The third kappa shape index (κ3) is 4.31. The van der Waals surface area contributed by atoms with E-state index >= 15 is 0 Å². The summed E-state index contributed by atoms with van der Waals surface area (Å²) in [6.45, 7) is 3.84. The summed E-state index contributed by atoms with van der Waals surface area (Å²) in [4.78, 5) is 14.5. The second-order valence-corrected chi connectivity index (χ2v) is 7.99. The van der Waals surface area contributed by atoms with E-state index in [0.29, 0.717) is 17.6 Å². The number of hydrogen-bond acceptors (Lipinski definition) is 1. The van der Waals surface area contributed by atoms with Crippen molar-refractivity contribution in [3.63, 3.8) is 0 Å². The molecule has 0 amide bonds. The first-order chi connectivity index (χ1) is 10.3. The Labute approximate surface area is 130 Å². The number of ketones is 1. The molecule has 1 N–H and O–H groups in total. The van der Waals surface area contributed by atoms with Gasteiger partial charge in [0.05, 0.1) is 25.6 Å². The number of Topliss-reactive ketones (excluding diaryl/α,β-unsaturated/α-hetero) is 1. The first-order valence-electron chi connectivity index (χ1n) is 9.70. The monoisotopic (exact) mass is 292 g/mol. The summed E-state index contributed by atoms with van der Waals surface area (Å²) in [5.41, 5.74) is 0. The molecule has 2 aliphatic carbocycles. The Morgan fingerprint density at radius 1 is 0.762 bits per heavy atom. The van der Waals surface area contributed by atoms with E-state index in [1.807, 2.05) is 0 Å². The summed E-state index contributed by atoms with van der Waals surface area (Å²) in [6, 6.07) is 0. The summed E-state index contributed by atoms with van der Waals surface area (Å²) in [5.74, 6) is 2.44. The quantitative estimate of drug-likeness (QED) is 0.845. The largest absolute Gasteiger partial charge is 0.334 e. The summed E-state index contributed by atoms with van der Waals surface area (Å²) >= 11 is 0. The van der Waals surface area contributed by atoms with E-state index in [9.17, 15) is 4.79 Å². The third-order valence-corrected chi connectivity index (χ3v) is 6.33. The van der Waals surface area contributed by atoms with E-state index in [-0.39, 0.29) is 0 Å². The number of quaternary nitrogens is 1. The van der Waals surface area contributed by atoms with Crippen LogP contribution in [0.3, 0.4) is 0 Å². The molecule has 0 aromatic carbocycles. The van der Waals surface area contributed by atoms with Crippen LogP contribution in [-0.2, 0) is 4.79 Å². The predicted molar refractivity (Wildman–Crippen MR) is 86.4 cm³/mol. The number of hydrogen-bond donors (Lipinski definition) is 1. The minimum Gasteiger partial charge on any atom is -0.334 e. The van der Waals surface area contributed by atoms with Crippen molar-refractivity contribution in [2.75, 3.05) is 19.6 Å². The van der Waals surface area contributed by atoms with Crippen molar-refractivity contribution >= 4 is 5.78 Å². The number of carbonyl (C=O) groups is 1. The zero-order valence-corrected chi connectivity index (χ0v) is 13.7. The van der Waals surface area contributed by atoms with Gasteiger partial charge < -0.3 is 4.90 Å². The lowest BCUT2D eigenvalue weighted by molar-refractivity contribution is -0.911. The van der Waals surface area contributed by atoms with Crippen molar-refractivity contribution in [1.29, 1.82) is 0 Å². The highest BCUT2D eigenvalue weighted by Crippen LogP contribution is 2.28. The second kappa shape index (κ2) is 7.76. The minimum absolute atomic E-state index is 0.403. The van der Waals surface area contributed by atoms with Crippen LogP contribution < -0.4 is 4.90 Å². The highest BCUT2D eigenvalue weighted by atomic mass is 16.1. The van der Waals surface area contributed by atoms with E-state index in [0.717, 1.165) is 12.5 Å². The summed E-state index contributed by atoms with van der Waals surface area (Å²) in [6.07, 6.45) is 16.0. The molecule has 3 fully saturated rings. The fraction of sp³-hybridized carbons (Fsp3) is 0.947. The first kappa shape index (κ1) is 15.5. The maximum Gasteiger partial charge on any atom is 0.144 e. The average Bonchev–Trinajstić information content (AvgIpc) is 2.56. The number of rotatable bonds is 4. The molecule has 2 heteroatoms. The van der Waals surface area contributed by atoms with Gasteiger partial charge in [0.1, 0.15) is 5.78 Å². The van der Waals surface area contributed by atoms with Gasteiger partial charge in [0.15, 0.2) is 0 Å². The van der Waals surface area contributed by atoms with Gasteiger partial charge in [0, 0.05) is 11.8 Å². The molecule has 3 aliphatic rings. The molecule has 0 spiro atoms. The molecule has 0 aromatic rings. The van der Waals surface area contributed by atoms with Gasteiger partial charge in [-0.1, -0.05) is 38.5 Å². The van der Waals surface area contributed by atoms with Gasteiger partial charge in [-0.25, -0.2) is 0 Å². The first-order valence-corrected chi connectivity index (χ1v) is 9.70. The normalized spacial score (nSPS) is 33.0. The van der Waals surface area contributed by atoms with E-state index in [1.54, 1.807) is 4.90 Å². The zero-order chi connectivity index (χ0) is 14.5. The molecule has 2 saturated carbocycles. The Hall–Kier alpha value is -0.370. The number of carbonyl (C=O) groups excluding carboxylic acids is 1. The highest BCUT2D eigenvalue weighted by Gasteiger charge is 2.34. The van der Waals surface area contributed by atoms with E-state index in [1.165, 1.54) is 90.1 Å². The van der Waals surface area contributed by atoms with Crippen molar-refractivity contribution in [3.8, 4) is 0 Å². The van der Waals surface area contributed by atoms with Crippen LogP contribution in [0.25, 0.3) is 0 Å². The highest BCUT2D eigenvalue weighted by molar-refractivity contribution is 5.83. The summed E-state index contributed by atoms with van der Waals surface area (Å²) in [7, 11) is 0. The van der Waals surface area contributed by atoms with Crippen LogP contribution in [0.2, 0.25) is 0 Å². The van der Waals surface area contributed by atoms with Crippen LogP contribution in [0.1, 0.15) is 77.0 Å². The van der Waals surface area contributed by atoms with Crippen molar-refractivity contribution in [3.05, 3.63) is 0 Å². The second-order valence-electron chi connectivity index (χ2n) is 7.99. The third-order valence-electron chi connectivity index (χ3n) is 6.33.